The number of halogens is 3. The molecule has 22 heavy (non-hydrogen) atoms. The van der Waals surface area contributed by atoms with Crippen LogP contribution in [0.15, 0.2) is 46.3 Å². The molecule has 4 nitrogen and oxygen atoms in total. The van der Waals surface area contributed by atoms with Crippen molar-refractivity contribution in [2.45, 2.75) is 13.1 Å². The highest BCUT2D eigenvalue weighted by Gasteiger charge is 2.33. The second-order valence-electron chi connectivity index (χ2n) is 4.53. The first kappa shape index (κ1) is 15.8. The van der Waals surface area contributed by atoms with Crippen LogP contribution in [0.4, 0.5) is 13.2 Å². The van der Waals surface area contributed by atoms with Crippen LogP contribution in [0, 0.1) is 0 Å². The van der Waals surface area contributed by atoms with Gasteiger partial charge in [0, 0.05) is 0 Å². The average Bonchev–Trinajstić information content (AvgIpc) is 2.72. The van der Waals surface area contributed by atoms with Crippen molar-refractivity contribution in [3.05, 3.63) is 52.4 Å². The minimum Gasteiger partial charge on any atom is -0.505 e. The number of hydrogen-bond acceptors (Lipinski definition) is 4. The van der Waals surface area contributed by atoms with Crippen LogP contribution in [0.25, 0.3) is 6.08 Å². The molecule has 7 heteroatoms. The zero-order valence-electron chi connectivity index (χ0n) is 11.7. The first-order valence-corrected chi connectivity index (χ1v) is 6.21. The summed E-state index contributed by atoms with van der Waals surface area (Å²) in [7, 11) is 1.14. The van der Waals surface area contributed by atoms with E-state index in [2.05, 4.69) is 9.73 Å². The van der Waals surface area contributed by atoms with Gasteiger partial charge in [-0.05, 0) is 24.6 Å². The fraction of sp³-hybridized carbons (Fsp3) is 0.200. The molecule has 0 spiro atoms. The van der Waals surface area contributed by atoms with Crippen molar-refractivity contribution in [1.82, 2.24) is 0 Å². The van der Waals surface area contributed by atoms with Crippen LogP contribution >= 0.6 is 0 Å². The van der Waals surface area contributed by atoms with Crippen molar-refractivity contribution in [2.24, 2.45) is 4.99 Å². The highest BCUT2D eigenvalue weighted by atomic mass is 19.4. The predicted molar refractivity (Wildman–Crippen MR) is 74.2 cm³/mol. The molecule has 0 saturated heterocycles. The molecule has 0 fully saturated rings. The summed E-state index contributed by atoms with van der Waals surface area (Å²) in [6, 6.07) is 4.89. The molecule has 0 amide bonds. The number of esters is 1. The van der Waals surface area contributed by atoms with Gasteiger partial charge in [-0.25, -0.2) is 9.79 Å². The topological polar surface area (TPSA) is 58.9 Å². The maximum absolute atomic E-state index is 12.9. The number of methoxy groups -OCH3 is 1. The number of aliphatic hydroxyl groups is 1. The van der Waals surface area contributed by atoms with Gasteiger partial charge in [0.25, 0.3) is 0 Å². The van der Waals surface area contributed by atoms with Gasteiger partial charge >= 0.3 is 12.1 Å². The number of rotatable bonds is 2. The predicted octanol–water partition coefficient (Wildman–Crippen LogP) is 3.51. The third-order valence-corrected chi connectivity index (χ3v) is 3.08. The van der Waals surface area contributed by atoms with Crippen LogP contribution in [-0.2, 0) is 15.7 Å². The molecule has 0 radical (unpaired) electrons. The first-order chi connectivity index (χ1) is 10.3. The summed E-state index contributed by atoms with van der Waals surface area (Å²) < 4.78 is 43.3. The number of nitrogens with zero attached hydrogens (tertiary/aromatic N) is 1. The molecule has 1 aromatic rings. The van der Waals surface area contributed by atoms with E-state index < -0.39 is 23.5 Å². The van der Waals surface area contributed by atoms with E-state index >= 15 is 0 Å². The van der Waals surface area contributed by atoms with Crippen molar-refractivity contribution in [2.75, 3.05) is 7.11 Å². The Morgan fingerprint density at radius 2 is 1.95 bits per heavy atom. The van der Waals surface area contributed by atoms with E-state index in [-0.39, 0.29) is 22.5 Å². The molecule has 0 atom stereocenters. The molecule has 0 unspecified atom stereocenters. The summed E-state index contributed by atoms with van der Waals surface area (Å²) >= 11 is 0. The molecular formula is C15H12F3NO3. The van der Waals surface area contributed by atoms with Crippen LogP contribution in [0.2, 0.25) is 0 Å². The number of aliphatic hydroxyl groups excluding tert-OH is 1. The lowest BCUT2D eigenvalue weighted by atomic mass is 10.1. The van der Waals surface area contributed by atoms with Crippen molar-refractivity contribution in [3.63, 3.8) is 0 Å². The van der Waals surface area contributed by atoms with Gasteiger partial charge in [0.05, 0.1) is 18.4 Å². The molecule has 0 saturated carbocycles. The second kappa shape index (κ2) is 5.67. The Balaban J connectivity index is 2.53. The number of carbonyl (C=O) groups is 1. The quantitative estimate of drug-likeness (QED) is 0.850. The normalized spacial score (nSPS) is 17.0. The smallest absolute Gasteiger partial charge is 0.416 e. The van der Waals surface area contributed by atoms with Crippen molar-refractivity contribution < 1.29 is 27.8 Å². The summed E-state index contributed by atoms with van der Waals surface area (Å²) in [5.41, 5.74) is -1.10. The van der Waals surface area contributed by atoms with E-state index in [0.717, 1.165) is 19.3 Å². The number of alkyl halides is 3. The third kappa shape index (κ3) is 2.88. The monoisotopic (exact) mass is 311 g/mol. The fourth-order valence-electron chi connectivity index (χ4n) is 2.06. The lowest BCUT2D eigenvalue weighted by Gasteiger charge is -2.10. The summed E-state index contributed by atoms with van der Waals surface area (Å²) in [5, 5.41) is 9.99. The third-order valence-electron chi connectivity index (χ3n) is 3.08. The zero-order valence-corrected chi connectivity index (χ0v) is 11.7. The number of hydrogen-bond donors (Lipinski definition) is 1. The summed E-state index contributed by atoms with van der Waals surface area (Å²) in [4.78, 5) is 15.5. The summed E-state index contributed by atoms with van der Waals surface area (Å²) in [5.74, 6) is -1.30. The van der Waals surface area contributed by atoms with Crippen molar-refractivity contribution in [3.8, 4) is 0 Å². The largest absolute Gasteiger partial charge is 0.505 e. The average molecular weight is 311 g/mol. The molecule has 1 heterocycles. The number of aliphatic imine (C=N–C) groups is 1. The zero-order chi connectivity index (χ0) is 16.5. The van der Waals surface area contributed by atoms with Gasteiger partial charge in [-0.1, -0.05) is 18.2 Å². The standard InChI is InChI=1S/C15H12F3NO3/c1-8-12(14(21)22-2)13(20)11(19-8)7-9-5-3-4-6-10(9)15(16,17)18/h3-7,20H,1-2H3/b11-7+. The number of ether oxygens (including phenoxy) is 1. The Kier molecular flexibility index (Phi) is 4.07. The minimum atomic E-state index is -4.53. The van der Waals surface area contributed by atoms with E-state index in [1.54, 1.807) is 0 Å². The maximum atomic E-state index is 12.9. The van der Waals surface area contributed by atoms with Gasteiger partial charge in [0.1, 0.15) is 11.3 Å². The van der Waals surface area contributed by atoms with Gasteiger partial charge < -0.3 is 9.84 Å². The Bertz CT molecular complexity index is 715. The van der Waals surface area contributed by atoms with E-state index in [0.29, 0.717) is 0 Å². The Hall–Kier alpha value is -2.57. The Labute approximate surface area is 124 Å². The van der Waals surface area contributed by atoms with Gasteiger partial charge in [-0.3, -0.25) is 0 Å². The fourth-order valence-corrected chi connectivity index (χ4v) is 2.06. The first-order valence-electron chi connectivity index (χ1n) is 6.21. The van der Waals surface area contributed by atoms with Gasteiger partial charge in [-0.15, -0.1) is 0 Å². The molecule has 0 aromatic heterocycles. The molecule has 1 aliphatic heterocycles. The van der Waals surface area contributed by atoms with Crippen molar-refractivity contribution in [1.29, 1.82) is 0 Å². The van der Waals surface area contributed by atoms with Crippen LogP contribution in [0.3, 0.4) is 0 Å². The Morgan fingerprint density at radius 3 is 2.55 bits per heavy atom. The van der Waals surface area contributed by atoms with Crippen LogP contribution in [0.5, 0.6) is 0 Å². The van der Waals surface area contributed by atoms with Gasteiger partial charge in [0.2, 0.25) is 0 Å². The number of carbonyl (C=O) groups excluding carboxylic acids is 1. The number of benzene rings is 1. The lowest BCUT2D eigenvalue weighted by Crippen LogP contribution is -2.11. The summed E-state index contributed by atoms with van der Waals surface area (Å²) in [6.45, 7) is 1.46. The van der Waals surface area contributed by atoms with Crippen LogP contribution in [0.1, 0.15) is 18.1 Å². The molecular weight excluding hydrogens is 299 g/mol. The maximum Gasteiger partial charge on any atom is 0.416 e. The molecule has 0 aliphatic carbocycles. The molecule has 2 rings (SSSR count). The highest BCUT2D eigenvalue weighted by Crippen LogP contribution is 2.34. The molecule has 1 N–H and O–H groups in total. The molecule has 1 aliphatic rings. The van der Waals surface area contributed by atoms with Gasteiger partial charge in [0.15, 0.2) is 5.76 Å². The molecule has 1 aromatic carbocycles. The van der Waals surface area contributed by atoms with E-state index in [4.69, 9.17) is 0 Å². The summed E-state index contributed by atoms with van der Waals surface area (Å²) in [6.07, 6.45) is -3.45. The van der Waals surface area contributed by atoms with E-state index in [9.17, 15) is 23.1 Å². The van der Waals surface area contributed by atoms with Crippen LogP contribution < -0.4 is 0 Å². The second-order valence-corrected chi connectivity index (χ2v) is 4.53. The molecule has 116 valence electrons. The van der Waals surface area contributed by atoms with Crippen molar-refractivity contribution >= 4 is 17.8 Å². The SMILES string of the molecule is COC(=O)C1=C(O)/C(=C\c2ccccc2C(F)(F)F)N=C1C. The highest BCUT2D eigenvalue weighted by molar-refractivity contribution is 6.21. The van der Waals surface area contributed by atoms with E-state index in [1.807, 2.05) is 0 Å². The Morgan fingerprint density at radius 1 is 1.32 bits per heavy atom. The minimum absolute atomic E-state index is 0.116. The molecule has 0 bridgehead atoms. The lowest BCUT2D eigenvalue weighted by molar-refractivity contribution is -0.138. The van der Waals surface area contributed by atoms with Gasteiger partial charge in [-0.2, -0.15) is 13.2 Å². The van der Waals surface area contributed by atoms with E-state index in [1.165, 1.54) is 25.1 Å². The van der Waals surface area contributed by atoms with Crippen LogP contribution in [-0.4, -0.2) is 23.9 Å².